The molecule has 0 fully saturated rings. The third-order valence-corrected chi connectivity index (χ3v) is 5.34. The van der Waals surface area contributed by atoms with Crippen LogP contribution in [-0.4, -0.2) is 9.55 Å². The van der Waals surface area contributed by atoms with Crippen LogP contribution < -0.4 is 0 Å². The molecule has 128 valence electrons. The Morgan fingerprint density at radius 1 is 0.769 bits per heavy atom. The fourth-order valence-electron chi connectivity index (χ4n) is 3.95. The van der Waals surface area contributed by atoms with Crippen LogP contribution in [0.3, 0.4) is 0 Å². The average Bonchev–Trinajstić information content (AvgIpc) is 3.23. The molecule has 0 spiro atoms. The fraction of sp³-hybridized carbons (Fsp3) is 0.167. The highest BCUT2D eigenvalue weighted by Gasteiger charge is 2.19. The molecule has 26 heavy (non-hydrogen) atoms. The molecule has 0 aliphatic carbocycles. The van der Waals surface area contributed by atoms with Crippen molar-refractivity contribution in [3.63, 3.8) is 0 Å². The van der Waals surface area contributed by atoms with Crippen LogP contribution in [0.25, 0.3) is 38.4 Å². The molecule has 2 aromatic heterocycles. The Labute approximate surface area is 153 Å². The van der Waals surface area contributed by atoms with Gasteiger partial charge in [0, 0.05) is 33.6 Å². The second-order valence-electron chi connectivity index (χ2n) is 8.05. The first-order valence-corrected chi connectivity index (χ1v) is 9.14. The minimum atomic E-state index is 0.132. The van der Waals surface area contributed by atoms with Crippen molar-refractivity contribution in [2.75, 3.05) is 0 Å². The van der Waals surface area contributed by atoms with E-state index in [2.05, 4.69) is 97.1 Å². The maximum absolute atomic E-state index is 3.36. The summed E-state index contributed by atoms with van der Waals surface area (Å²) in [5, 5.41) is 3.89. The number of aromatic nitrogens is 2. The normalized spacial score (nSPS) is 12.4. The maximum atomic E-state index is 3.36. The van der Waals surface area contributed by atoms with Crippen molar-refractivity contribution in [3.05, 3.63) is 78.5 Å². The third kappa shape index (κ3) is 2.12. The van der Waals surface area contributed by atoms with Crippen molar-refractivity contribution in [2.24, 2.45) is 0 Å². The molecule has 0 radical (unpaired) electrons. The van der Waals surface area contributed by atoms with Gasteiger partial charge in [-0.2, -0.15) is 0 Å². The smallest absolute Gasteiger partial charge is 0.0634 e. The van der Waals surface area contributed by atoms with Crippen LogP contribution in [0.2, 0.25) is 0 Å². The zero-order valence-electron chi connectivity index (χ0n) is 15.4. The Balaban J connectivity index is 2.01. The Bertz CT molecular complexity index is 1250. The van der Waals surface area contributed by atoms with E-state index in [-0.39, 0.29) is 5.41 Å². The molecule has 0 aliphatic rings. The summed E-state index contributed by atoms with van der Waals surface area (Å²) in [7, 11) is 0. The zero-order valence-corrected chi connectivity index (χ0v) is 15.4. The number of benzene rings is 3. The first-order valence-electron chi connectivity index (χ1n) is 9.14. The van der Waals surface area contributed by atoms with Gasteiger partial charge in [0.05, 0.1) is 11.0 Å². The molecule has 2 heterocycles. The Morgan fingerprint density at radius 2 is 1.58 bits per heavy atom. The Hall–Kier alpha value is -3.00. The van der Waals surface area contributed by atoms with Gasteiger partial charge >= 0.3 is 0 Å². The largest absolute Gasteiger partial charge is 0.361 e. The molecule has 0 bridgehead atoms. The third-order valence-electron chi connectivity index (χ3n) is 5.34. The highest BCUT2D eigenvalue weighted by molar-refractivity contribution is 6.18. The van der Waals surface area contributed by atoms with E-state index in [0.717, 1.165) is 0 Å². The van der Waals surface area contributed by atoms with Gasteiger partial charge in [-0.3, -0.25) is 0 Å². The summed E-state index contributed by atoms with van der Waals surface area (Å²) in [4.78, 5) is 3.36. The van der Waals surface area contributed by atoms with E-state index in [1.807, 2.05) is 6.20 Å². The summed E-state index contributed by atoms with van der Waals surface area (Å²) in [6.07, 6.45) is 2.03. The summed E-state index contributed by atoms with van der Waals surface area (Å²) in [6, 6.07) is 24.2. The lowest BCUT2D eigenvalue weighted by molar-refractivity contribution is 0.591. The van der Waals surface area contributed by atoms with E-state index < -0.39 is 0 Å². The van der Waals surface area contributed by atoms with E-state index in [1.54, 1.807) is 0 Å². The van der Waals surface area contributed by atoms with Crippen LogP contribution in [0.1, 0.15) is 26.3 Å². The van der Waals surface area contributed by atoms with Gasteiger partial charge in [0.1, 0.15) is 0 Å². The van der Waals surface area contributed by atoms with Crippen molar-refractivity contribution < 1.29 is 0 Å². The van der Waals surface area contributed by atoms with Crippen LogP contribution in [0.15, 0.2) is 72.9 Å². The summed E-state index contributed by atoms with van der Waals surface area (Å²) in [5.41, 5.74) is 6.40. The van der Waals surface area contributed by atoms with Crippen LogP contribution in [0.5, 0.6) is 0 Å². The molecule has 2 heteroatoms. The molecule has 0 atom stereocenters. The molecule has 5 rings (SSSR count). The molecule has 5 aromatic rings. The molecule has 0 saturated heterocycles. The standard InChI is InChI=1S/C24H22N2/c1-24(2,3)16-9-12-22-20(15-16)18-10-11-21-19(13-14-25-21)23(18)26(22)17-7-5-4-6-8-17/h4-15,25H,1-3H3. The highest BCUT2D eigenvalue weighted by atomic mass is 15.0. The topological polar surface area (TPSA) is 20.7 Å². The minimum absolute atomic E-state index is 0.132. The van der Waals surface area contributed by atoms with Crippen molar-refractivity contribution in [2.45, 2.75) is 26.2 Å². The molecule has 1 N–H and O–H groups in total. The van der Waals surface area contributed by atoms with Gasteiger partial charge in [-0.15, -0.1) is 0 Å². The number of aromatic amines is 1. The summed E-state index contributed by atoms with van der Waals surface area (Å²) < 4.78 is 2.40. The van der Waals surface area contributed by atoms with Crippen molar-refractivity contribution in [3.8, 4) is 5.69 Å². The number of para-hydroxylation sites is 1. The number of hydrogen-bond acceptors (Lipinski definition) is 0. The van der Waals surface area contributed by atoms with E-state index in [9.17, 15) is 0 Å². The number of rotatable bonds is 1. The van der Waals surface area contributed by atoms with E-state index >= 15 is 0 Å². The van der Waals surface area contributed by atoms with E-state index in [4.69, 9.17) is 0 Å². The fourth-order valence-corrected chi connectivity index (χ4v) is 3.95. The summed E-state index contributed by atoms with van der Waals surface area (Å²) >= 11 is 0. The summed E-state index contributed by atoms with van der Waals surface area (Å²) in [5.74, 6) is 0. The maximum Gasteiger partial charge on any atom is 0.0634 e. The minimum Gasteiger partial charge on any atom is -0.361 e. The van der Waals surface area contributed by atoms with Gasteiger partial charge in [0.25, 0.3) is 0 Å². The van der Waals surface area contributed by atoms with Crippen LogP contribution in [-0.2, 0) is 5.41 Å². The van der Waals surface area contributed by atoms with Gasteiger partial charge in [-0.05, 0) is 47.4 Å². The molecule has 0 saturated carbocycles. The van der Waals surface area contributed by atoms with E-state index in [1.165, 1.54) is 44.0 Å². The Morgan fingerprint density at radius 3 is 2.35 bits per heavy atom. The molecule has 0 amide bonds. The van der Waals surface area contributed by atoms with Crippen LogP contribution in [0.4, 0.5) is 0 Å². The van der Waals surface area contributed by atoms with Gasteiger partial charge < -0.3 is 9.55 Å². The Kier molecular flexibility index (Phi) is 3.08. The van der Waals surface area contributed by atoms with Gasteiger partial charge in [-0.1, -0.05) is 51.1 Å². The van der Waals surface area contributed by atoms with Gasteiger partial charge in [-0.25, -0.2) is 0 Å². The number of nitrogens with zero attached hydrogens (tertiary/aromatic N) is 1. The first-order chi connectivity index (χ1) is 12.5. The van der Waals surface area contributed by atoms with Crippen LogP contribution in [0, 0.1) is 0 Å². The lowest BCUT2D eigenvalue weighted by Crippen LogP contribution is -2.10. The molecule has 0 aliphatic heterocycles. The molecular formula is C24H22N2. The first kappa shape index (κ1) is 15.3. The number of fused-ring (bicyclic) bond motifs is 5. The predicted octanol–water partition coefficient (Wildman–Crippen LogP) is 6.56. The molecular weight excluding hydrogens is 316 g/mol. The van der Waals surface area contributed by atoms with Gasteiger partial charge in [0.15, 0.2) is 0 Å². The van der Waals surface area contributed by atoms with E-state index in [0.29, 0.717) is 0 Å². The lowest BCUT2D eigenvalue weighted by Gasteiger charge is -2.19. The zero-order chi connectivity index (χ0) is 17.9. The quantitative estimate of drug-likeness (QED) is 0.357. The molecule has 3 aromatic carbocycles. The molecule has 0 unspecified atom stereocenters. The number of hydrogen-bond donors (Lipinski definition) is 1. The number of H-pyrrole nitrogens is 1. The second kappa shape index (κ2) is 5.25. The average molecular weight is 338 g/mol. The highest BCUT2D eigenvalue weighted by Crippen LogP contribution is 2.38. The SMILES string of the molecule is CC(C)(C)c1ccc2c(c1)c1ccc3[nH]ccc3c1n2-c1ccccc1. The van der Waals surface area contributed by atoms with Crippen molar-refractivity contribution in [1.82, 2.24) is 9.55 Å². The lowest BCUT2D eigenvalue weighted by atomic mass is 9.86. The van der Waals surface area contributed by atoms with Crippen molar-refractivity contribution in [1.29, 1.82) is 0 Å². The van der Waals surface area contributed by atoms with Gasteiger partial charge in [0.2, 0.25) is 0 Å². The monoisotopic (exact) mass is 338 g/mol. The van der Waals surface area contributed by atoms with Crippen molar-refractivity contribution >= 4 is 32.7 Å². The molecule has 2 nitrogen and oxygen atoms in total. The predicted molar refractivity (Wildman–Crippen MR) is 111 cm³/mol. The second-order valence-corrected chi connectivity index (χ2v) is 8.05. The summed E-state index contributed by atoms with van der Waals surface area (Å²) in [6.45, 7) is 6.82. The van der Waals surface area contributed by atoms with Crippen LogP contribution >= 0.6 is 0 Å². The number of nitrogens with one attached hydrogen (secondary N) is 1.